The number of benzene rings is 2. The van der Waals surface area contributed by atoms with Crippen LogP contribution in [0, 0.1) is 0 Å². The summed E-state index contributed by atoms with van der Waals surface area (Å²) in [7, 11) is 1.36. The van der Waals surface area contributed by atoms with Crippen LogP contribution in [0.15, 0.2) is 24.3 Å². The molecule has 1 aliphatic carbocycles. The Morgan fingerprint density at radius 2 is 1.72 bits per heavy atom. The maximum absolute atomic E-state index is 12.9. The number of hydrogen-bond donors (Lipinski definition) is 2. The van der Waals surface area contributed by atoms with Crippen molar-refractivity contribution in [2.75, 3.05) is 7.11 Å². The third-order valence-electron chi connectivity index (χ3n) is 4.23. The van der Waals surface area contributed by atoms with Gasteiger partial charge in [0.2, 0.25) is 5.78 Å². The van der Waals surface area contributed by atoms with Gasteiger partial charge >= 0.3 is 0 Å². The summed E-state index contributed by atoms with van der Waals surface area (Å²) in [6, 6.07) is 5.55. The molecule has 2 aromatic rings. The minimum absolute atomic E-state index is 0.0171. The van der Waals surface area contributed by atoms with Gasteiger partial charge in [0.1, 0.15) is 23.0 Å². The van der Waals surface area contributed by atoms with E-state index in [1.807, 2.05) is 0 Å². The molecule has 2 aromatic carbocycles. The molecule has 6 nitrogen and oxygen atoms in total. The topological polar surface area (TPSA) is 101 Å². The number of fused-ring (bicyclic) bond motifs is 2. The SMILES string of the molecule is COc1ccc(O)c2c1C(=O)c1cc(CCC(C)=O)cc(O)c1C2=O. The van der Waals surface area contributed by atoms with Crippen molar-refractivity contribution in [1.82, 2.24) is 0 Å². The van der Waals surface area contributed by atoms with Gasteiger partial charge in [0.15, 0.2) is 5.78 Å². The van der Waals surface area contributed by atoms with Gasteiger partial charge in [-0.15, -0.1) is 0 Å². The summed E-state index contributed by atoms with van der Waals surface area (Å²) in [5.41, 5.74) is 0.273. The van der Waals surface area contributed by atoms with Crippen LogP contribution in [0.4, 0.5) is 0 Å². The zero-order valence-corrected chi connectivity index (χ0v) is 13.8. The minimum atomic E-state index is -0.642. The molecule has 0 aliphatic heterocycles. The van der Waals surface area contributed by atoms with Crippen LogP contribution in [-0.2, 0) is 11.2 Å². The lowest BCUT2D eigenvalue weighted by atomic mass is 9.81. The smallest absolute Gasteiger partial charge is 0.202 e. The number of methoxy groups -OCH3 is 1. The lowest BCUT2D eigenvalue weighted by Gasteiger charge is -2.22. The van der Waals surface area contributed by atoms with Crippen molar-refractivity contribution in [3.8, 4) is 17.2 Å². The Balaban J connectivity index is 2.20. The number of aryl methyl sites for hydroxylation is 1. The molecule has 0 spiro atoms. The molecule has 0 atom stereocenters. The second kappa shape index (κ2) is 6.05. The van der Waals surface area contributed by atoms with Gasteiger partial charge in [-0.3, -0.25) is 9.59 Å². The average Bonchev–Trinajstić information content (AvgIpc) is 2.57. The summed E-state index contributed by atoms with van der Waals surface area (Å²) in [6.45, 7) is 1.46. The molecule has 0 heterocycles. The molecule has 0 radical (unpaired) electrons. The highest BCUT2D eigenvalue weighted by molar-refractivity contribution is 6.31. The van der Waals surface area contributed by atoms with E-state index in [1.54, 1.807) is 0 Å². The second-order valence-corrected chi connectivity index (χ2v) is 5.93. The maximum atomic E-state index is 12.9. The van der Waals surface area contributed by atoms with Crippen LogP contribution in [0.5, 0.6) is 17.2 Å². The van der Waals surface area contributed by atoms with Gasteiger partial charge in [-0.1, -0.05) is 0 Å². The molecule has 0 amide bonds. The van der Waals surface area contributed by atoms with Crippen LogP contribution in [-0.4, -0.2) is 34.7 Å². The van der Waals surface area contributed by atoms with Crippen molar-refractivity contribution < 1.29 is 29.3 Å². The quantitative estimate of drug-likeness (QED) is 0.756. The van der Waals surface area contributed by atoms with Crippen molar-refractivity contribution in [1.29, 1.82) is 0 Å². The summed E-state index contributed by atoms with van der Waals surface area (Å²) in [6.07, 6.45) is 0.614. The van der Waals surface area contributed by atoms with Crippen LogP contribution < -0.4 is 4.74 Å². The van der Waals surface area contributed by atoms with Gasteiger partial charge in [0.05, 0.1) is 23.8 Å². The zero-order chi connectivity index (χ0) is 18.3. The lowest BCUT2D eigenvalue weighted by molar-refractivity contribution is -0.116. The number of phenols is 2. The van der Waals surface area contributed by atoms with E-state index < -0.39 is 11.6 Å². The Morgan fingerprint density at radius 1 is 1.00 bits per heavy atom. The van der Waals surface area contributed by atoms with Crippen LogP contribution in [0.1, 0.15) is 50.8 Å². The number of ether oxygens (including phenoxy) is 1. The highest BCUT2D eigenvalue weighted by Crippen LogP contribution is 2.41. The van der Waals surface area contributed by atoms with Crippen molar-refractivity contribution >= 4 is 17.3 Å². The number of carbonyl (C=O) groups is 3. The summed E-state index contributed by atoms with van der Waals surface area (Å²) >= 11 is 0. The molecule has 0 saturated heterocycles. The van der Waals surface area contributed by atoms with Crippen LogP contribution in [0.2, 0.25) is 0 Å². The van der Waals surface area contributed by atoms with Gasteiger partial charge in [-0.05, 0) is 43.2 Å². The fourth-order valence-electron chi connectivity index (χ4n) is 3.03. The van der Waals surface area contributed by atoms with E-state index >= 15 is 0 Å². The fourth-order valence-corrected chi connectivity index (χ4v) is 3.03. The number of Topliss-reactive ketones (excluding diaryl/α,β-unsaturated/α-hetero) is 1. The summed E-state index contributed by atoms with van der Waals surface area (Å²) in [5.74, 6) is -1.70. The van der Waals surface area contributed by atoms with E-state index in [4.69, 9.17) is 4.74 Å². The predicted octanol–water partition coefficient (Wildman–Crippen LogP) is 2.40. The average molecular weight is 340 g/mol. The third kappa shape index (κ3) is 2.65. The van der Waals surface area contributed by atoms with Gasteiger partial charge in [-0.25, -0.2) is 0 Å². The van der Waals surface area contributed by atoms with Crippen molar-refractivity contribution in [3.63, 3.8) is 0 Å². The number of hydrogen-bond acceptors (Lipinski definition) is 6. The Labute approximate surface area is 143 Å². The predicted molar refractivity (Wildman–Crippen MR) is 88.6 cm³/mol. The third-order valence-corrected chi connectivity index (χ3v) is 4.23. The molecule has 0 saturated carbocycles. The molecule has 1 aliphatic rings. The molecule has 0 aromatic heterocycles. The summed E-state index contributed by atoms with van der Waals surface area (Å²) in [4.78, 5) is 36.8. The fraction of sp³-hybridized carbons (Fsp3) is 0.211. The Bertz CT molecular complexity index is 926. The zero-order valence-electron chi connectivity index (χ0n) is 13.8. The van der Waals surface area contributed by atoms with E-state index in [0.717, 1.165) is 0 Å². The number of ketones is 3. The first-order valence-electron chi connectivity index (χ1n) is 7.69. The number of phenolic OH excluding ortho intramolecular Hbond substituents is 2. The van der Waals surface area contributed by atoms with Gasteiger partial charge in [0.25, 0.3) is 0 Å². The molecule has 0 bridgehead atoms. The van der Waals surface area contributed by atoms with E-state index in [1.165, 1.54) is 38.3 Å². The highest BCUT2D eigenvalue weighted by atomic mass is 16.5. The standard InChI is InChI=1S/C19H16O6/c1-9(20)3-4-10-7-11-15(13(22)8-10)19(24)16-12(21)5-6-14(25-2)17(16)18(11)23/h5-8,21-22H,3-4H2,1-2H3. The van der Waals surface area contributed by atoms with E-state index in [0.29, 0.717) is 12.0 Å². The molecule has 0 fully saturated rings. The second-order valence-electron chi connectivity index (χ2n) is 5.93. The minimum Gasteiger partial charge on any atom is -0.507 e. The maximum Gasteiger partial charge on any atom is 0.202 e. The molecule has 25 heavy (non-hydrogen) atoms. The van der Waals surface area contributed by atoms with E-state index in [2.05, 4.69) is 0 Å². The van der Waals surface area contributed by atoms with Crippen molar-refractivity contribution in [3.05, 3.63) is 52.1 Å². The lowest BCUT2D eigenvalue weighted by Crippen LogP contribution is -2.22. The van der Waals surface area contributed by atoms with Crippen LogP contribution >= 0.6 is 0 Å². The number of aromatic hydroxyl groups is 2. The first-order valence-corrected chi connectivity index (χ1v) is 7.69. The highest BCUT2D eigenvalue weighted by Gasteiger charge is 2.36. The van der Waals surface area contributed by atoms with Crippen molar-refractivity contribution in [2.45, 2.75) is 19.8 Å². The molecule has 128 valence electrons. The summed E-state index contributed by atoms with van der Waals surface area (Å²) in [5, 5.41) is 20.3. The van der Waals surface area contributed by atoms with Crippen molar-refractivity contribution in [2.24, 2.45) is 0 Å². The van der Waals surface area contributed by atoms with Gasteiger partial charge < -0.3 is 19.7 Å². The first kappa shape index (κ1) is 16.7. The summed E-state index contributed by atoms with van der Waals surface area (Å²) < 4.78 is 5.15. The molecule has 3 rings (SSSR count). The molecular weight excluding hydrogens is 324 g/mol. The monoisotopic (exact) mass is 340 g/mol. The molecule has 6 heteroatoms. The van der Waals surface area contributed by atoms with E-state index in [9.17, 15) is 24.6 Å². The normalized spacial score (nSPS) is 12.6. The first-order chi connectivity index (χ1) is 11.8. The Hall–Kier alpha value is -3.15. The van der Waals surface area contributed by atoms with Gasteiger partial charge in [-0.2, -0.15) is 0 Å². The number of carbonyl (C=O) groups excluding carboxylic acids is 3. The van der Waals surface area contributed by atoms with Crippen LogP contribution in [0.25, 0.3) is 0 Å². The largest absolute Gasteiger partial charge is 0.507 e. The van der Waals surface area contributed by atoms with Gasteiger partial charge in [0, 0.05) is 12.0 Å². The van der Waals surface area contributed by atoms with Crippen LogP contribution in [0.3, 0.4) is 0 Å². The van der Waals surface area contributed by atoms with E-state index in [-0.39, 0.29) is 51.7 Å². The Morgan fingerprint density at radius 3 is 2.36 bits per heavy atom. The molecular formula is C19H16O6. The Kier molecular flexibility index (Phi) is 4.04. The molecule has 2 N–H and O–H groups in total. The molecule has 0 unspecified atom stereocenters. The number of rotatable bonds is 4.